The molecule has 0 aromatic heterocycles. The predicted octanol–water partition coefficient (Wildman–Crippen LogP) is 2.79. The monoisotopic (exact) mass is 241 g/mol. The summed E-state index contributed by atoms with van der Waals surface area (Å²) in [5.74, 6) is 0.101. The number of aryl methyl sites for hydroxylation is 1. The van der Waals surface area contributed by atoms with Gasteiger partial charge in [-0.1, -0.05) is 24.1 Å². The van der Waals surface area contributed by atoms with Gasteiger partial charge in [0.05, 0.1) is 5.02 Å². The fourth-order valence-electron chi connectivity index (χ4n) is 2.30. The summed E-state index contributed by atoms with van der Waals surface area (Å²) >= 11 is 6.17. The van der Waals surface area contributed by atoms with E-state index in [-0.39, 0.29) is 12.3 Å². The first kappa shape index (κ1) is 11.7. The minimum Gasteiger partial charge on any atom is -0.506 e. The maximum Gasteiger partial charge on any atom is 0.139 e. The molecule has 88 valence electrons. The van der Waals surface area contributed by atoms with Crippen LogP contribution >= 0.6 is 11.6 Å². The van der Waals surface area contributed by atoms with Crippen molar-refractivity contribution in [2.45, 2.75) is 38.6 Å². The molecule has 3 nitrogen and oxygen atoms in total. The molecule has 16 heavy (non-hydrogen) atoms. The van der Waals surface area contributed by atoms with E-state index < -0.39 is 0 Å². The second-order valence-electron chi connectivity index (χ2n) is 4.23. The topological polar surface area (TPSA) is 52.5 Å². The van der Waals surface area contributed by atoms with Crippen LogP contribution < -0.4 is 5.48 Å². The molecule has 0 atom stereocenters. The lowest BCUT2D eigenvalue weighted by Crippen LogP contribution is -2.08. The van der Waals surface area contributed by atoms with E-state index >= 15 is 0 Å². The third-order valence-corrected chi connectivity index (χ3v) is 3.56. The Kier molecular flexibility index (Phi) is 3.69. The molecular formula is C12H16ClNO2. The molecule has 0 saturated carbocycles. The lowest BCUT2D eigenvalue weighted by molar-refractivity contribution is 0.160. The Morgan fingerprint density at radius 1 is 1.25 bits per heavy atom. The minimum atomic E-state index is 0.101. The van der Waals surface area contributed by atoms with Crippen LogP contribution in [0, 0.1) is 0 Å². The highest BCUT2D eigenvalue weighted by atomic mass is 35.5. The highest BCUT2D eigenvalue weighted by Gasteiger charge is 2.17. The van der Waals surface area contributed by atoms with Gasteiger partial charge in [-0.05, 0) is 36.8 Å². The fraction of sp³-hybridized carbons (Fsp3) is 0.500. The van der Waals surface area contributed by atoms with E-state index in [1.807, 2.05) is 6.07 Å². The third-order valence-electron chi connectivity index (χ3n) is 3.16. The zero-order chi connectivity index (χ0) is 11.5. The number of hydroxylamine groups is 1. The van der Waals surface area contributed by atoms with Crippen molar-refractivity contribution in [1.82, 2.24) is 5.48 Å². The normalized spacial score (nSPS) is 15.6. The predicted molar refractivity (Wildman–Crippen MR) is 63.0 cm³/mol. The molecule has 3 N–H and O–H groups in total. The molecule has 1 aromatic rings. The van der Waals surface area contributed by atoms with Gasteiger partial charge in [-0.3, -0.25) is 0 Å². The Labute approximate surface area is 100 Å². The highest BCUT2D eigenvalue weighted by molar-refractivity contribution is 6.33. The number of halogens is 1. The molecule has 4 heteroatoms. The van der Waals surface area contributed by atoms with Crippen molar-refractivity contribution in [3.8, 4) is 5.75 Å². The summed E-state index contributed by atoms with van der Waals surface area (Å²) in [6.07, 6.45) is 5.45. The molecule has 2 rings (SSSR count). The Morgan fingerprint density at radius 3 is 2.75 bits per heavy atom. The summed E-state index contributed by atoms with van der Waals surface area (Å²) < 4.78 is 0. The van der Waals surface area contributed by atoms with Gasteiger partial charge in [0, 0.05) is 12.1 Å². The summed E-state index contributed by atoms with van der Waals surface area (Å²) in [5, 5.41) is 19.0. The summed E-state index contributed by atoms with van der Waals surface area (Å²) in [7, 11) is 0. The summed E-state index contributed by atoms with van der Waals surface area (Å²) in [6, 6.07) is 1.95. The Bertz CT molecular complexity index is 393. The minimum absolute atomic E-state index is 0.101. The summed E-state index contributed by atoms with van der Waals surface area (Å²) in [5.41, 5.74) is 5.01. The van der Waals surface area contributed by atoms with Crippen molar-refractivity contribution in [2.75, 3.05) is 0 Å². The van der Waals surface area contributed by atoms with E-state index in [9.17, 15) is 5.11 Å². The SMILES string of the molecule is ONCc1cc2c(c(Cl)c1O)CCCCC2. The highest BCUT2D eigenvalue weighted by Crippen LogP contribution is 2.36. The standard InChI is InChI=1S/C12H16ClNO2/c13-11-10-5-3-1-2-4-8(10)6-9(7-14-16)12(11)15/h6,14-16H,1-5,7H2. The van der Waals surface area contributed by atoms with Crippen molar-refractivity contribution in [2.24, 2.45) is 0 Å². The van der Waals surface area contributed by atoms with Gasteiger partial charge in [0.2, 0.25) is 0 Å². The Balaban J connectivity index is 2.46. The van der Waals surface area contributed by atoms with E-state index in [4.69, 9.17) is 16.8 Å². The Hall–Kier alpha value is -0.770. The molecule has 0 fully saturated rings. The van der Waals surface area contributed by atoms with Crippen molar-refractivity contribution in [3.63, 3.8) is 0 Å². The third kappa shape index (κ3) is 2.17. The van der Waals surface area contributed by atoms with Gasteiger partial charge in [0.25, 0.3) is 0 Å². The Morgan fingerprint density at radius 2 is 2.00 bits per heavy atom. The molecule has 0 spiro atoms. The zero-order valence-corrected chi connectivity index (χ0v) is 9.85. The fourth-order valence-corrected chi connectivity index (χ4v) is 2.64. The number of phenolic OH excluding ortho intramolecular Hbond substituents is 1. The van der Waals surface area contributed by atoms with Crippen LogP contribution in [0.1, 0.15) is 36.0 Å². The van der Waals surface area contributed by atoms with Gasteiger partial charge in [-0.15, -0.1) is 0 Å². The van der Waals surface area contributed by atoms with Gasteiger partial charge in [-0.25, -0.2) is 5.48 Å². The number of benzene rings is 1. The molecule has 0 amide bonds. The molecule has 1 aliphatic carbocycles. The number of hydrogen-bond donors (Lipinski definition) is 3. The molecule has 0 bridgehead atoms. The lowest BCUT2D eigenvalue weighted by atomic mass is 9.99. The lowest BCUT2D eigenvalue weighted by Gasteiger charge is -2.13. The second-order valence-corrected chi connectivity index (χ2v) is 4.61. The average molecular weight is 242 g/mol. The number of nitrogens with one attached hydrogen (secondary N) is 1. The van der Waals surface area contributed by atoms with Crippen molar-refractivity contribution in [1.29, 1.82) is 0 Å². The van der Waals surface area contributed by atoms with E-state index in [2.05, 4.69) is 5.48 Å². The van der Waals surface area contributed by atoms with Crippen LogP contribution in [0.5, 0.6) is 5.75 Å². The first-order chi connectivity index (χ1) is 7.74. The quantitative estimate of drug-likeness (QED) is 0.551. The summed E-state index contributed by atoms with van der Waals surface area (Å²) in [4.78, 5) is 0. The van der Waals surface area contributed by atoms with Crippen LogP contribution in [0.3, 0.4) is 0 Å². The molecule has 0 unspecified atom stereocenters. The average Bonchev–Trinajstić information content (AvgIpc) is 2.51. The van der Waals surface area contributed by atoms with Crippen LogP contribution in [-0.2, 0) is 19.4 Å². The van der Waals surface area contributed by atoms with E-state index in [0.29, 0.717) is 10.6 Å². The largest absolute Gasteiger partial charge is 0.506 e. The van der Waals surface area contributed by atoms with Gasteiger partial charge in [-0.2, -0.15) is 0 Å². The van der Waals surface area contributed by atoms with Crippen LogP contribution in [0.2, 0.25) is 5.02 Å². The number of aromatic hydroxyl groups is 1. The van der Waals surface area contributed by atoms with Gasteiger partial charge >= 0.3 is 0 Å². The van der Waals surface area contributed by atoms with E-state index in [1.54, 1.807) is 0 Å². The molecule has 1 aromatic carbocycles. The smallest absolute Gasteiger partial charge is 0.139 e. The van der Waals surface area contributed by atoms with Crippen molar-refractivity contribution < 1.29 is 10.3 Å². The van der Waals surface area contributed by atoms with Crippen LogP contribution in [0.25, 0.3) is 0 Å². The first-order valence-corrected chi connectivity index (χ1v) is 6.01. The number of fused-ring (bicyclic) bond motifs is 1. The van der Waals surface area contributed by atoms with Gasteiger partial charge in [0.1, 0.15) is 5.75 Å². The molecule has 0 aliphatic heterocycles. The first-order valence-electron chi connectivity index (χ1n) is 5.63. The van der Waals surface area contributed by atoms with Gasteiger partial charge < -0.3 is 10.3 Å². The zero-order valence-electron chi connectivity index (χ0n) is 9.09. The van der Waals surface area contributed by atoms with Crippen molar-refractivity contribution >= 4 is 11.6 Å². The molecule has 0 radical (unpaired) electrons. The van der Waals surface area contributed by atoms with Crippen molar-refractivity contribution in [3.05, 3.63) is 27.8 Å². The molecular weight excluding hydrogens is 226 g/mol. The molecule has 0 saturated heterocycles. The van der Waals surface area contributed by atoms with Crippen LogP contribution in [-0.4, -0.2) is 10.3 Å². The number of rotatable bonds is 2. The molecule has 0 heterocycles. The maximum absolute atomic E-state index is 9.89. The summed E-state index contributed by atoms with van der Waals surface area (Å²) in [6.45, 7) is 0.221. The van der Waals surface area contributed by atoms with E-state index in [0.717, 1.165) is 24.8 Å². The van der Waals surface area contributed by atoms with Crippen LogP contribution in [0.15, 0.2) is 6.07 Å². The number of hydrogen-bond acceptors (Lipinski definition) is 3. The van der Waals surface area contributed by atoms with Gasteiger partial charge in [0.15, 0.2) is 0 Å². The maximum atomic E-state index is 9.89. The van der Waals surface area contributed by atoms with Crippen LogP contribution in [0.4, 0.5) is 0 Å². The number of phenols is 1. The van der Waals surface area contributed by atoms with E-state index in [1.165, 1.54) is 18.4 Å². The molecule has 1 aliphatic rings. The second kappa shape index (κ2) is 5.04.